The van der Waals surface area contributed by atoms with E-state index in [1.165, 1.54) is 23.2 Å². The van der Waals surface area contributed by atoms with Crippen molar-refractivity contribution >= 4 is 39.1 Å². The van der Waals surface area contributed by atoms with Crippen LogP contribution in [0.2, 0.25) is 5.02 Å². The van der Waals surface area contributed by atoms with E-state index in [0.29, 0.717) is 18.7 Å². The fourth-order valence-corrected chi connectivity index (χ4v) is 5.63. The number of carbonyl (C=O) groups is 2. The normalized spacial score (nSPS) is 17.5. The van der Waals surface area contributed by atoms with Crippen LogP contribution in [0, 0.1) is 5.82 Å². The lowest BCUT2D eigenvalue weighted by molar-refractivity contribution is -0.126. The van der Waals surface area contributed by atoms with Crippen LogP contribution in [0.5, 0.6) is 0 Å². The number of nitrogens with zero attached hydrogens (tertiary/aromatic N) is 2. The van der Waals surface area contributed by atoms with Crippen LogP contribution < -0.4 is 15.0 Å². The zero-order chi connectivity index (χ0) is 25.0. The molecule has 4 rings (SSSR count). The predicted octanol–water partition coefficient (Wildman–Crippen LogP) is 3.15. The summed E-state index contributed by atoms with van der Waals surface area (Å²) in [6.07, 6.45) is 4.67. The molecule has 8 nitrogen and oxygen atoms in total. The average Bonchev–Trinajstić information content (AvgIpc) is 3.61. The van der Waals surface area contributed by atoms with Gasteiger partial charge in [0.15, 0.2) is 0 Å². The van der Waals surface area contributed by atoms with E-state index in [1.807, 2.05) is 0 Å². The standard InChI is InChI=1S/C24H28ClFN4O4S/c25-21-12-5-4-11-20(21)23(24(32)27-18-8-2-1-3-9-18)30(19-10-6-7-17(26)15-19)22(31)16-35(33,34)28-29-13-14-29/h4-7,10-12,15,18,23,28H,1-3,8-9,13-14,16H2,(H,27,32). The molecule has 1 aliphatic heterocycles. The molecule has 1 heterocycles. The van der Waals surface area contributed by atoms with Gasteiger partial charge in [-0.15, -0.1) is 4.83 Å². The second-order valence-corrected chi connectivity index (χ2v) is 11.0. The van der Waals surface area contributed by atoms with Gasteiger partial charge in [0.1, 0.15) is 17.6 Å². The van der Waals surface area contributed by atoms with Crippen LogP contribution in [0.3, 0.4) is 0 Å². The van der Waals surface area contributed by atoms with E-state index >= 15 is 0 Å². The molecule has 1 unspecified atom stereocenters. The number of sulfonamides is 1. The van der Waals surface area contributed by atoms with E-state index in [1.54, 1.807) is 24.3 Å². The SMILES string of the molecule is O=C(NC1CCCCC1)C(c1ccccc1Cl)N(C(=O)CS(=O)(=O)NN1CC1)c1cccc(F)c1. The van der Waals surface area contributed by atoms with E-state index in [4.69, 9.17) is 11.6 Å². The highest BCUT2D eigenvalue weighted by Gasteiger charge is 2.37. The Bertz CT molecular complexity index is 1190. The molecule has 2 amide bonds. The molecule has 188 valence electrons. The summed E-state index contributed by atoms with van der Waals surface area (Å²) >= 11 is 6.45. The summed E-state index contributed by atoms with van der Waals surface area (Å²) in [5.41, 5.74) is 0.372. The number of halogens is 2. The van der Waals surface area contributed by atoms with Crippen LogP contribution in [-0.4, -0.2) is 50.1 Å². The van der Waals surface area contributed by atoms with Gasteiger partial charge in [0.2, 0.25) is 21.8 Å². The maximum atomic E-state index is 14.2. The number of anilines is 1. The second-order valence-electron chi connectivity index (χ2n) is 8.85. The van der Waals surface area contributed by atoms with Crippen LogP contribution in [0.25, 0.3) is 0 Å². The van der Waals surface area contributed by atoms with Crippen LogP contribution in [0.1, 0.15) is 43.7 Å². The summed E-state index contributed by atoms with van der Waals surface area (Å²) in [4.78, 5) is 30.6. The quantitative estimate of drug-likeness (QED) is 0.493. The Hall–Kier alpha value is -2.53. The van der Waals surface area contributed by atoms with E-state index in [0.717, 1.165) is 43.1 Å². The van der Waals surface area contributed by atoms with Crippen molar-refractivity contribution in [2.24, 2.45) is 0 Å². The van der Waals surface area contributed by atoms with Crippen molar-refractivity contribution in [2.75, 3.05) is 23.7 Å². The lowest BCUT2D eigenvalue weighted by Crippen LogP contribution is -2.49. The van der Waals surface area contributed by atoms with Gasteiger partial charge in [0, 0.05) is 35.4 Å². The monoisotopic (exact) mass is 522 g/mol. The van der Waals surface area contributed by atoms with Gasteiger partial charge in [0.25, 0.3) is 0 Å². The summed E-state index contributed by atoms with van der Waals surface area (Å²) in [7, 11) is -4.03. The first-order valence-corrected chi connectivity index (χ1v) is 13.6. The van der Waals surface area contributed by atoms with Crippen LogP contribution in [-0.2, 0) is 19.6 Å². The third-order valence-corrected chi connectivity index (χ3v) is 7.55. The average molecular weight is 523 g/mol. The highest BCUT2D eigenvalue weighted by molar-refractivity contribution is 7.90. The zero-order valence-corrected chi connectivity index (χ0v) is 20.7. The molecule has 2 aromatic carbocycles. The van der Waals surface area contributed by atoms with Gasteiger partial charge in [-0.05, 0) is 37.1 Å². The van der Waals surface area contributed by atoms with Gasteiger partial charge in [-0.3, -0.25) is 14.5 Å². The summed E-state index contributed by atoms with van der Waals surface area (Å²) < 4.78 is 39.4. The van der Waals surface area contributed by atoms with Crippen LogP contribution in [0.4, 0.5) is 10.1 Å². The lowest BCUT2D eigenvalue weighted by Gasteiger charge is -2.34. The first-order chi connectivity index (χ1) is 16.7. The van der Waals surface area contributed by atoms with Gasteiger partial charge in [-0.25, -0.2) is 17.8 Å². The van der Waals surface area contributed by atoms with Crippen molar-refractivity contribution in [1.82, 2.24) is 15.2 Å². The first-order valence-electron chi connectivity index (χ1n) is 11.6. The molecule has 2 fully saturated rings. The molecule has 35 heavy (non-hydrogen) atoms. The molecule has 2 aromatic rings. The molecule has 1 saturated heterocycles. The molecule has 1 saturated carbocycles. The van der Waals surface area contributed by atoms with E-state index in [9.17, 15) is 22.4 Å². The van der Waals surface area contributed by atoms with E-state index in [2.05, 4.69) is 10.1 Å². The molecular formula is C24H28ClFN4O4S. The molecular weight excluding hydrogens is 495 g/mol. The topological polar surface area (TPSA) is 98.6 Å². The highest BCUT2D eigenvalue weighted by Crippen LogP contribution is 2.33. The maximum absolute atomic E-state index is 14.2. The number of hydrogen-bond acceptors (Lipinski definition) is 5. The number of rotatable bonds is 9. The molecule has 1 aliphatic carbocycles. The predicted molar refractivity (Wildman–Crippen MR) is 132 cm³/mol. The summed E-state index contributed by atoms with van der Waals surface area (Å²) in [6.45, 7) is 1.10. The Morgan fingerprint density at radius 2 is 1.80 bits per heavy atom. The fourth-order valence-electron chi connectivity index (χ4n) is 4.29. The molecule has 1 atom stereocenters. The Morgan fingerprint density at radius 1 is 1.09 bits per heavy atom. The summed E-state index contributed by atoms with van der Waals surface area (Å²) in [6, 6.07) is 10.4. The van der Waals surface area contributed by atoms with Gasteiger partial charge in [-0.1, -0.05) is 55.1 Å². The Morgan fingerprint density at radius 3 is 2.46 bits per heavy atom. The fraction of sp³-hybridized carbons (Fsp3) is 0.417. The Labute approximate surface area is 209 Å². The van der Waals surface area contributed by atoms with Crippen molar-refractivity contribution in [3.8, 4) is 0 Å². The van der Waals surface area contributed by atoms with Crippen molar-refractivity contribution in [1.29, 1.82) is 0 Å². The van der Waals surface area contributed by atoms with Crippen molar-refractivity contribution < 1.29 is 22.4 Å². The summed E-state index contributed by atoms with van der Waals surface area (Å²) in [5.74, 6) is -2.93. The van der Waals surface area contributed by atoms with Gasteiger partial charge < -0.3 is 5.32 Å². The lowest BCUT2D eigenvalue weighted by atomic mass is 9.94. The number of hydrazine groups is 1. The Balaban J connectivity index is 1.74. The largest absolute Gasteiger partial charge is 0.351 e. The first kappa shape index (κ1) is 25.6. The molecule has 2 N–H and O–H groups in total. The summed E-state index contributed by atoms with van der Waals surface area (Å²) in [5, 5.41) is 4.68. The Kier molecular flexibility index (Phi) is 8.05. The van der Waals surface area contributed by atoms with Crippen molar-refractivity contribution in [3.05, 3.63) is 64.9 Å². The minimum Gasteiger partial charge on any atom is -0.351 e. The number of benzene rings is 2. The molecule has 0 radical (unpaired) electrons. The maximum Gasteiger partial charge on any atom is 0.248 e. The highest BCUT2D eigenvalue weighted by atomic mass is 35.5. The van der Waals surface area contributed by atoms with E-state index < -0.39 is 39.4 Å². The zero-order valence-electron chi connectivity index (χ0n) is 19.1. The third kappa shape index (κ3) is 6.78. The number of nitrogens with one attached hydrogen (secondary N) is 2. The minimum atomic E-state index is -4.03. The molecule has 2 aliphatic rings. The third-order valence-electron chi connectivity index (χ3n) is 6.04. The smallest absolute Gasteiger partial charge is 0.248 e. The molecule has 0 aromatic heterocycles. The van der Waals surface area contributed by atoms with Crippen molar-refractivity contribution in [3.63, 3.8) is 0 Å². The minimum absolute atomic E-state index is 0.0561. The number of carbonyl (C=O) groups excluding carboxylic acids is 2. The van der Waals surface area contributed by atoms with E-state index in [-0.39, 0.29) is 16.8 Å². The van der Waals surface area contributed by atoms with Gasteiger partial charge in [-0.2, -0.15) is 0 Å². The number of amides is 2. The van der Waals surface area contributed by atoms with Crippen LogP contribution in [0.15, 0.2) is 48.5 Å². The van der Waals surface area contributed by atoms with Gasteiger partial charge >= 0.3 is 0 Å². The molecule has 0 bridgehead atoms. The van der Waals surface area contributed by atoms with Gasteiger partial charge in [0.05, 0.1) is 0 Å². The molecule has 11 heteroatoms. The molecule has 0 spiro atoms. The number of hydrogen-bond donors (Lipinski definition) is 2. The second kappa shape index (κ2) is 11.0. The van der Waals surface area contributed by atoms with Crippen molar-refractivity contribution in [2.45, 2.75) is 44.2 Å². The van der Waals surface area contributed by atoms with Crippen LogP contribution >= 0.6 is 11.6 Å².